The molecule has 0 aromatic heterocycles. The third-order valence-electron chi connectivity index (χ3n) is 10.1. The van der Waals surface area contributed by atoms with Crippen molar-refractivity contribution in [1.82, 2.24) is 40.8 Å². The highest BCUT2D eigenvalue weighted by molar-refractivity contribution is 6.19. The largest absolute Gasteiger partial charge is 0.480 e. The number of amides is 10. The van der Waals surface area contributed by atoms with Gasteiger partial charge in [-0.25, -0.2) is 14.6 Å². The Morgan fingerprint density at radius 1 is 0.742 bits per heavy atom. The number of aldehydes is 2. The zero-order valence-electron chi connectivity index (χ0n) is 33.7. The van der Waals surface area contributed by atoms with Crippen LogP contribution in [0.3, 0.4) is 0 Å². The first-order valence-electron chi connectivity index (χ1n) is 19.7. The molecule has 0 aliphatic carbocycles. The summed E-state index contributed by atoms with van der Waals surface area (Å²) in [6.07, 6.45) is 3.16. The number of nitrogens with zero attached hydrogens (tertiary/aromatic N) is 5. The first-order valence-corrected chi connectivity index (χ1v) is 19.7. The zero-order valence-corrected chi connectivity index (χ0v) is 33.7. The van der Waals surface area contributed by atoms with Crippen molar-refractivity contribution < 1.29 is 77.1 Å². The molecule has 2 saturated heterocycles. The Kier molecular flexibility index (Phi) is 16.5. The normalized spacial score (nSPS) is 18.4. The van der Waals surface area contributed by atoms with Crippen molar-refractivity contribution >= 4 is 83.6 Å². The molecule has 4 N–H and O–H groups in total. The molecule has 0 bridgehead atoms. The van der Waals surface area contributed by atoms with Crippen molar-refractivity contribution in [3.05, 3.63) is 24.3 Å². The van der Waals surface area contributed by atoms with Crippen LogP contribution in [0.15, 0.2) is 24.3 Å². The molecule has 4 aliphatic rings. The van der Waals surface area contributed by atoms with Crippen LogP contribution in [0.2, 0.25) is 0 Å². The predicted octanol–water partition coefficient (Wildman–Crippen LogP) is -3.58. The van der Waals surface area contributed by atoms with Crippen molar-refractivity contribution in [2.75, 3.05) is 26.2 Å². The lowest BCUT2D eigenvalue weighted by Crippen LogP contribution is -2.66. The standard InChI is InChI=1S/C38H46N8O16/c1-21(2)31(38(61)62-46-29(55)13-14-30(46)56)41-23(49)7-5-15-39-35(57)33(43-24(50)9-10-25(43)51)34(44-26(52)11-12-27(44)53)36(58)40-16-6-8-28(54)45(42-17-3-4-18-42)32(37(59)60)22(19-47)20-48/h9-12,19-22,31-34H,3-8,13-18H2,1-2H3,(H,39,57)(H,40,58)(H,41,49)(H,59,60). The van der Waals surface area contributed by atoms with Crippen molar-refractivity contribution in [2.45, 2.75) is 89.4 Å². The summed E-state index contributed by atoms with van der Waals surface area (Å²) < 4.78 is 0. The summed E-state index contributed by atoms with van der Waals surface area (Å²) in [5.41, 5.74) is 0. The number of rotatable bonds is 23. The van der Waals surface area contributed by atoms with Crippen LogP contribution in [-0.2, 0) is 72.0 Å². The highest BCUT2D eigenvalue weighted by atomic mass is 16.7. The van der Waals surface area contributed by atoms with E-state index in [0.29, 0.717) is 27.7 Å². The van der Waals surface area contributed by atoms with E-state index in [4.69, 9.17) is 4.84 Å². The van der Waals surface area contributed by atoms with Crippen LogP contribution in [0.5, 0.6) is 0 Å². The summed E-state index contributed by atoms with van der Waals surface area (Å²) in [7, 11) is 0. The maximum Gasteiger partial charge on any atom is 0.355 e. The van der Waals surface area contributed by atoms with Crippen LogP contribution in [0.1, 0.15) is 65.2 Å². The Bertz CT molecular complexity index is 1900. The van der Waals surface area contributed by atoms with Crippen molar-refractivity contribution in [2.24, 2.45) is 11.8 Å². The number of carboxylic acids is 1. The molecule has 62 heavy (non-hydrogen) atoms. The summed E-state index contributed by atoms with van der Waals surface area (Å²) in [6.45, 7) is 2.89. The van der Waals surface area contributed by atoms with Gasteiger partial charge in [0.1, 0.15) is 36.6 Å². The van der Waals surface area contributed by atoms with Gasteiger partial charge in [0.2, 0.25) is 23.6 Å². The Hall–Kier alpha value is -6.98. The fourth-order valence-electron chi connectivity index (χ4n) is 6.98. The number of carbonyl (C=O) groups excluding carboxylic acids is 13. The first kappa shape index (κ1) is 47.7. The minimum atomic E-state index is -2.18. The number of hydrazine groups is 1. The van der Waals surface area contributed by atoms with Gasteiger partial charge in [-0.15, -0.1) is 5.06 Å². The van der Waals surface area contributed by atoms with E-state index >= 15 is 0 Å². The Labute approximate surface area is 352 Å². The molecule has 10 amide bonds. The van der Waals surface area contributed by atoms with Crippen molar-refractivity contribution in [1.29, 1.82) is 0 Å². The molecule has 4 heterocycles. The lowest BCUT2D eigenvalue weighted by atomic mass is 10.0. The molecule has 0 aromatic carbocycles. The summed E-state index contributed by atoms with van der Waals surface area (Å²) in [6, 6.07) is -7.49. The number of hydrogen-bond donors (Lipinski definition) is 4. The number of hydrogen-bond acceptors (Lipinski definition) is 16. The van der Waals surface area contributed by atoms with Crippen molar-refractivity contribution in [3.63, 3.8) is 0 Å². The molecule has 24 heteroatoms. The second-order valence-electron chi connectivity index (χ2n) is 14.8. The molecule has 334 valence electrons. The number of imide groups is 3. The van der Waals surface area contributed by atoms with E-state index in [2.05, 4.69) is 16.0 Å². The fraction of sp³-hybridized carbons (Fsp3) is 0.526. The lowest BCUT2D eigenvalue weighted by molar-refractivity contribution is -0.199. The molecule has 4 rings (SSSR count). The quantitative estimate of drug-likeness (QED) is 0.0334. The van der Waals surface area contributed by atoms with Gasteiger partial charge >= 0.3 is 11.9 Å². The van der Waals surface area contributed by atoms with E-state index in [1.165, 1.54) is 5.01 Å². The van der Waals surface area contributed by atoms with Crippen LogP contribution in [0.25, 0.3) is 0 Å². The van der Waals surface area contributed by atoms with Gasteiger partial charge in [0.05, 0.1) is 0 Å². The molecular formula is C38H46N8O16. The maximum absolute atomic E-state index is 13.9. The Morgan fingerprint density at radius 2 is 1.19 bits per heavy atom. The number of carboxylic acid groups (broad SMARTS) is 1. The van der Waals surface area contributed by atoms with Gasteiger partial charge in [0.25, 0.3) is 35.4 Å². The molecule has 2 fully saturated rings. The molecule has 24 nitrogen and oxygen atoms in total. The van der Waals surface area contributed by atoms with E-state index in [-0.39, 0.29) is 64.3 Å². The summed E-state index contributed by atoms with van der Waals surface area (Å²) in [5, 5.41) is 19.7. The minimum absolute atomic E-state index is 0.114. The topological polar surface area (TPSA) is 321 Å². The Morgan fingerprint density at radius 3 is 1.61 bits per heavy atom. The van der Waals surface area contributed by atoms with Gasteiger partial charge in [-0.05, 0) is 31.6 Å². The summed E-state index contributed by atoms with van der Waals surface area (Å²) in [4.78, 5) is 183. The van der Waals surface area contributed by atoms with Crippen molar-refractivity contribution in [3.8, 4) is 0 Å². The average molecular weight is 871 g/mol. The van der Waals surface area contributed by atoms with Gasteiger partial charge in [-0.3, -0.25) is 62.8 Å². The molecular weight excluding hydrogens is 824 g/mol. The van der Waals surface area contributed by atoms with E-state index in [9.17, 15) is 72.2 Å². The molecule has 0 aromatic rings. The lowest BCUT2D eigenvalue weighted by Gasteiger charge is -2.37. The molecule has 4 atom stereocenters. The minimum Gasteiger partial charge on any atom is -0.480 e. The van der Waals surface area contributed by atoms with E-state index in [1.54, 1.807) is 13.8 Å². The molecule has 4 unspecified atom stereocenters. The Balaban J connectivity index is 1.46. The van der Waals surface area contributed by atoms with E-state index < -0.39 is 120 Å². The SMILES string of the molecule is CC(C)C(NC(=O)CCCNC(=O)C(C(C(=O)NCCCC(=O)N(C(C(=O)O)C(C=O)C=O)N1CCCC1)N1C(=O)C=CC1=O)N1C(=O)C=CC1=O)C(=O)ON1C(=O)CCC1=O. The summed E-state index contributed by atoms with van der Waals surface area (Å²) in [5.74, 6) is -14.6. The third kappa shape index (κ3) is 11.2. The average Bonchev–Trinajstić information content (AvgIpc) is 4.02. The first-order chi connectivity index (χ1) is 29.4. The van der Waals surface area contributed by atoms with Gasteiger partial charge in [-0.2, -0.15) is 0 Å². The highest BCUT2D eigenvalue weighted by Crippen LogP contribution is 2.23. The second kappa shape index (κ2) is 21.5. The number of hydroxylamine groups is 2. The molecule has 0 spiro atoms. The number of carbonyl (C=O) groups is 14. The molecule has 0 radical (unpaired) electrons. The van der Waals surface area contributed by atoms with Crippen LogP contribution >= 0.6 is 0 Å². The third-order valence-corrected chi connectivity index (χ3v) is 10.1. The zero-order chi connectivity index (χ0) is 45.8. The molecule has 0 saturated carbocycles. The van der Waals surface area contributed by atoms with E-state index in [0.717, 1.165) is 29.3 Å². The smallest absolute Gasteiger partial charge is 0.355 e. The van der Waals surface area contributed by atoms with Crippen LogP contribution in [0.4, 0.5) is 0 Å². The second-order valence-corrected chi connectivity index (χ2v) is 14.8. The monoisotopic (exact) mass is 870 g/mol. The van der Waals surface area contributed by atoms with Crippen LogP contribution < -0.4 is 16.0 Å². The molecule has 4 aliphatic heterocycles. The number of aliphatic carboxylic acids is 1. The summed E-state index contributed by atoms with van der Waals surface area (Å²) >= 11 is 0. The maximum atomic E-state index is 13.9. The highest BCUT2D eigenvalue weighted by Gasteiger charge is 2.50. The van der Waals surface area contributed by atoms with Gasteiger partial charge in [0, 0.05) is 76.2 Å². The fourth-order valence-corrected chi connectivity index (χ4v) is 6.98. The van der Waals surface area contributed by atoms with E-state index in [1.807, 2.05) is 0 Å². The van der Waals surface area contributed by atoms with Gasteiger partial charge in [-0.1, -0.05) is 13.8 Å². The van der Waals surface area contributed by atoms with Crippen LogP contribution in [-0.4, -0.2) is 164 Å². The predicted molar refractivity (Wildman–Crippen MR) is 203 cm³/mol. The van der Waals surface area contributed by atoms with Crippen LogP contribution in [0, 0.1) is 11.8 Å². The number of nitrogens with one attached hydrogen (secondary N) is 3. The van der Waals surface area contributed by atoms with Gasteiger partial charge < -0.3 is 35.5 Å². The van der Waals surface area contributed by atoms with Gasteiger partial charge in [0.15, 0.2) is 6.04 Å².